The van der Waals surface area contributed by atoms with Crippen molar-refractivity contribution in [1.29, 1.82) is 0 Å². The molecule has 3 N–H and O–H groups in total. The van der Waals surface area contributed by atoms with Crippen LogP contribution >= 0.6 is 0 Å². The van der Waals surface area contributed by atoms with Gasteiger partial charge in [-0.15, -0.1) is 0 Å². The summed E-state index contributed by atoms with van der Waals surface area (Å²) in [4.78, 5) is 11.2. The Balaban J connectivity index is 3.12. The highest BCUT2D eigenvalue weighted by atomic mass is 16.4. The summed E-state index contributed by atoms with van der Waals surface area (Å²) in [7, 11) is 0. The Morgan fingerprint density at radius 2 is 1.89 bits per heavy atom. The van der Waals surface area contributed by atoms with Crippen molar-refractivity contribution in [2.75, 3.05) is 0 Å². The molecule has 0 fully saturated rings. The zero-order valence-corrected chi connectivity index (χ0v) is 12.6. The van der Waals surface area contributed by atoms with E-state index in [2.05, 4.69) is 39.8 Å². The summed E-state index contributed by atoms with van der Waals surface area (Å²) in [6.07, 6.45) is 1.35. The van der Waals surface area contributed by atoms with E-state index in [1.54, 1.807) is 6.92 Å². The number of carbonyl (C=O) groups is 1. The molecule has 0 bridgehead atoms. The monoisotopic (exact) mass is 263 g/mol. The fourth-order valence-corrected chi connectivity index (χ4v) is 2.49. The Hall–Kier alpha value is -1.35. The van der Waals surface area contributed by atoms with E-state index in [0.717, 1.165) is 6.42 Å². The van der Waals surface area contributed by atoms with Gasteiger partial charge in [0.05, 0.1) is 0 Å². The van der Waals surface area contributed by atoms with E-state index in [9.17, 15) is 9.90 Å². The highest BCUT2D eigenvalue weighted by Crippen LogP contribution is 2.32. The Morgan fingerprint density at radius 3 is 2.37 bits per heavy atom. The summed E-state index contributed by atoms with van der Waals surface area (Å²) in [6, 6.07) is 4.22. The molecule has 1 aromatic rings. The molecule has 19 heavy (non-hydrogen) atoms. The number of carboxylic acids is 1. The quantitative estimate of drug-likeness (QED) is 0.856. The number of aryl methyl sites for hydroxylation is 1. The molecule has 0 spiro atoms. The van der Waals surface area contributed by atoms with Crippen LogP contribution in [0.4, 0.5) is 0 Å². The third-order valence-corrected chi connectivity index (χ3v) is 4.19. The molecule has 0 amide bonds. The van der Waals surface area contributed by atoms with Crippen molar-refractivity contribution in [3.05, 3.63) is 34.4 Å². The first-order chi connectivity index (χ1) is 8.70. The average Bonchev–Trinajstić information content (AvgIpc) is 2.33. The molecule has 1 aromatic carbocycles. The highest BCUT2D eigenvalue weighted by Gasteiger charge is 2.31. The first kappa shape index (κ1) is 15.7. The van der Waals surface area contributed by atoms with Gasteiger partial charge in [-0.25, -0.2) is 0 Å². The van der Waals surface area contributed by atoms with Crippen molar-refractivity contribution in [1.82, 2.24) is 0 Å². The normalized spacial score (nSPS) is 15.9. The SMILES string of the molecule is CCC(CC(C)(N)C(=O)O)c1ccc(C)c(C)c1C. The lowest BCUT2D eigenvalue weighted by atomic mass is 9.81. The molecule has 106 valence electrons. The van der Waals surface area contributed by atoms with Crippen LogP contribution < -0.4 is 5.73 Å². The average molecular weight is 263 g/mol. The molecule has 0 aliphatic rings. The predicted octanol–water partition coefficient (Wildman–Crippen LogP) is 3.30. The fourth-order valence-electron chi connectivity index (χ4n) is 2.49. The van der Waals surface area contributed by atoms with Gasteiger partial charge < -0.3 is 10.8 Å². The molecule has 0 heterocycles. The van der Waals surface area contributed by atoms with Gasteiger partial charge in [0.25, 0.3) is 0 Å². The van der Waals surface area contributed by atoms with Crippen molar-refractivity contribution in [3.8, 4) is 0 Å². The molecule has 3 nitrogen and oxygen atoms in total. The Bertz CT molecular complexity index is 478. The van der Waals surface area contributed by atoms with E-state index in [-0.39, 0.29) is 5.92 Å². The van der Waals surface area contributed by atoms with Crippen LogP contribution in [0.2, 0.25) is 0 Å². The number of benzene rings is 1. The molecular formula is C16H25NO2. The van der Waals surface area contributed by atoms with Gasteiger partial charge in [-0.05, 0) is 68.7 Å². The van der Waals surface area contributed by atoms with Gasteiger partial charge in [-0.2, -0.15) is 0 Å². The largest absolute Gasteiger partial charge is 0.480 e. The van der Waals surface area contributed by atoms with Gasteiger partial charge in [0.2, 0.25) is 0 Å². The first-order valence-corrected chi connectivity index (χ1v) is 6.79. The zero-order chi connectivity index (χ0) is 14.8. The molecule has 1 rings (SSSR count). The van der Waals surface area contributed by atoms with Crippen LogP contribution in [0.3, 0.4) is 0 Å². The van der Waals surface area contributed by atoms with Crippen LogP contribution in [0.25, 0.3) is 0 Å². The predicted molar refractivity (Wildman–Crippen MR) is 78.5 cm³/mol. The van der Waals surface area contributed by atoms with Crippen LogP contribution in [0, 0.1) is 20.8 Å². The number of hydrogen-bond acceptors (Lipinski definition) is 2. The molecular weight excluding hydrogens is 238 g/mol. The van der Waals surface area contributed by atoms with Gasteiger partial charge in [-0.1, -0.05) is 19.1 Å². The number of carboxylic acid groups (broad SMARTS) is 1. The molecule has 0 aliphatic carbocycles. The second-order valence-electron chi connectivity index (χ2n) is 5.75. The van der Waals surface area contributed by atoms with E-state index in [1.807, 2.05) is 0 Å². The van der Waals surface area contributed by atoms with Crippen LogP contribution in [-0.4, -0.2) is 16.6 Å². The number of hydrogen-bond donors (Lipinski definition) is 2. The lowest BCUT2D eigenvalue weighted by Crippen LogP contribution is -2.46. The summed E-state index contributed by atoms with van der Waals surface area (Å²) < 4.78 is 0. The van der Waals surface area contributed by atoms with Gasteiger partial charge in [-0.3, -0.25) is 4.79 Å². The summed E-state index contributed by atoms with van der Waals surface area (Å²) >= 11 is 0. The van der Waals surface area contributed by atoms with Gasteiger partial charge in [0.15, 0.2) is 0 Å². The standard InChI is InChI=1S/C16H25NO2/c1-6-13(9-16(5,17)15(18)19)14-8-7-10(2)11(3)12(14)4/h7-8,13H,6,9,17H2,1-5H3,(H,18,19). The van der Waals surface area contributed by atoms with Crippen LogP contribution in [0.15, 0.2) is 12.1 Å². The second-order valence-corrected chi connectivity index (χ2v) is 5.75. The van der Waals surface area contributed by atoms with Crippen molar-refractivity contribution in [3.63, 3.8) is 0 Å². The molecule has 0 saturated carbocycles. The van der Waals surface area contributed by atoms with E-state index < -0.39 is 11.5 Å². The molecule has 0 aromatic heterocycles. The maximum absolute atomic E-state index is 11.2. The number of nitrogens with two attached hydrogens (primary N) is 1. The molecule has 0 radical (unpaired) electrons. The summed E-state index contributed by atoms with van der Waals surface area (Å²) in [6.45, 7) is 9.98. The van der Waals surface area contributed by atoms with Crippen molar-refractivity contribution < 1.29 is 9.90 Å². The molecule has 0 aliphatic heterocycles. The van der Waals surface area contributed by atoms with E-state index >= 15 is 0 Å². The maximum Gasteiger partial charge on any atom is 0.323 e. The summed E-state index contributed by atoms with van der Waals surface area (Å²) in [5.74, 6) is -0.752. The van der Waals surface area contributed by atoms with Crippen molar-refractivity contribution >= 4 is 5.97 Å². The number of aliphatic carboxylic acids is 1. The van der Waals surface area contributed by atoms with E-state index in [4.69, 9.17) is 5.73 Å². The zero-order valence-electron chi connectivity index (χ0n) is 12.6. The second kappa shape index (κ2) is 5.74. The van der Waals surface area contributed by atoms with Gasteiger partial charge in [0.1, 0.15) is 5.54 Å². The van der Waals surface area contributed by atoms with Crippen LogP contribution in [0.1, 0.15) is 54.9 Å². The molecule has 0 saturated heterocycles. The Labute approximate surface area is 115 Å². The van der Waals surface area contributed by atoms with E-state index in [0.29, 0.717) is 6.42 Å². The molecule has 3 heteroatoms. The van der Waals surface area contributed by atoms with Crippen molar-refractivity contribution in [2.24, 2.45) is 5.73 Å². The highest BCUT2D eigenvalue weighted by molar-refractivity contribution is 5.78. The van der Waals surface area contributed by atoms with Crippen molar-refractivity contribution in [2.45, 2.75) is 58.9 Å². The fraction of sp³-hybridized carbons (Fsp3) is 0.562. The number of rotatable bonds is 5. The van der Waals surface area contributed by atoms with E-state index in [1.165, 1.54) is 22.3 Å². The minimum absolute atomic E-state index is 0.186. The Morgan fingerprint density at radius 1 is 1.32 bits per heavy atom. The summed E-state index contributed by atoms with van der Waals surface area (Å²) in [5, 5.41) is 9.18. The minimum Gasteiger partial charge on any atom is -0.480 e. The van der Waals surface area contributed by atoms with Crippen LogP contribution in [-0.2, 0) is 4.79 Å². The smallest absolute Gasteiger partial charge is 0.323 e. The molecule has 2 atom stereocenters. The Kier molecular flexibility index (Phi) is 4.75. The molecule has 2 unspecified atom stereocenters. The topological polar surface area (TPSA) is 63.3 Å². The summed E-state index contributed by atoms with van der Waals surface area (Å²) in [5.41, 5.74) is 9.75. The lowest BCUT2D eigenvalue weighted by Gasteiger charge is -2.27. The van der Waals surface area contributed by atoms with Gasteiger partial charge in [0, 0.05) is 0 Å². The van der Waals surface area contributed by atoms with Crippen LogP contribution in [0.5, 0.6) is 0 Å². The first-order valence-electron chi connectivity index (χ1n) is 6.79. The van der Waals surface area contributed by atoms with Gasteiger partial charge >= 0.3 is 5.97 Å². The maximum atomic E-state index is 11.2. The lowest BCUT2D eigenvalue weighted by molar-refractivity contribution is -0.143. The third kappa shape index (κ3) is 3.35. The minimum atomic E-state index is -1.17. The third-order valence-electron chi connectivity index (χ3n) is 4.19.